The Labute approximate surface area is 124 Å². The highest BCUT2D eigenvalue weighted by Crippen LogP contribution is 2.27. The molecule has 1 amide bonds. The molecule has 4 heteroatoms. The van der Waals surface area contributed by atoms with Crippen LogP contribution in [0.2, 0.25) is 0 Å². The number of carbonyl (C=O) groups is 1. The lowest BCUT2D eigenvalue weighted by Crippen LogP contribution is -2.46. The molecular weight excluding hydrogens is 304 g/mol. The zero-order valence-electron chi connectivity index (χ0n) is 12.2. The van der Waals surface area contributed by atoms with Gasteiger partial charge in [0, 0.05) is 29.3 Å². The third-order valence-electron chi connectivity index (χ3n) is 4.23. The average Bonchev–Trinajstić information content (AvgIpc) is 2.74. The van der Waals surface area contributed by atoms with Crippen LogP contribution < -0.4 is 0 Å². The predicted molar refractivity (Wildman–Crippen MR) is 81.4 cm³/mol. The quantitative estimate of drug-likeness (QED) is 0.803. The van der Waals surface area contributed by atoms with E-state index in [9.17, 15) is 4.79 Å². The molecule has 19 heavy (non-hydrogen) atoms. The van der Waals surface area contributed by atoms with Gasteiger partial charge in [-0.15, -0.1) is 0 Å². The SMILES string of the molecule is CC1CCCN(C(=O)c2cc(Br)cn2C(C)C)C1C. The first-order valence-electron chi connectivity index (χ1n) is 7.10. The number of likely N-dealkylation sites (tertiary alicyclic amines) is 1. The summed E-state index contributed by atoms with van der Waals surface area (Å²) in [6.07, 6.45) is 4.33. The molecular formula is C15H23BrN2O. The lowest BCUT2D eigenvalue weighted by molar-refractivity contribution is 0.0538. The van der Waals surface area contributed by atoms with Crippen molar-refractivity contribution < 1.29 is 4.79 Å². The molecule has 1 aromatic heterocycles. The van der Waals surface area contributed by atoms with E-state index in [2.05, 4.69) is 48.2 Å². The van der Waals surface area contributed by atoms with Crippen LogP contribution in [0.3, 0.4) is 0 Å². The first-order valence-corrected chi connectivity index (χ1v) is 7.89. The van der Waals surface area contributed by atoms with Crippen molar-refractivity contribution in [3.05, 3.63) is 22.4 Å². The molecule has 1 aliphatic rings. The number of rotatable bonds is 2. The van der Waals surface area contributed by atoms with E-state index in [1.807, 2.05) is 17.2 Å². The largest absolute Gasteiger partial charge is 0.340 e. The predicted octanol–water partition coefficient (Wildman–Crippen LogP) is 4.09. The maximum Gasteiger partial charge on any atom is 0.270 e. The molecule has 2 heterocycles. The molecule has 0 spiro atoms. The van der Waals surface area contributed by atoms with Crippen LogP contribution in [-0.4, -0.2) is 28.0 Å². The van der Waals surface area contributed by atoms with Gasteiger partial charge in [-0.2, -0.15) is 0 Å². The third kappa shape index (κ3) is 2.88. The average molecular weight is 327 g/mol. The zero-order chi connectivity index (χ0) is 14.2. The van der Waals surface area contributed by atoms with Gasteiger partial charge >= 0.3 is 0 Å². The minimum absolute atomic E-state index is 0.165. The summed E-state index contributed by atoms with van der Waals surface area (Å²) in [5.41, 5.74) is 0.794. The molecule has 0 aromatic carbocycles. The van der Waals surface area contributed by atoms with E-state index >= 15 is 0 Å². The number of hydrogen-bond donors (Lipinski definition) is 0. The summed E-state index contributed by atoms with van der Waals surface area (Å²) in [4.78, 5) is 14.8. The van der Waals surface area contributed by atoms with Crippen molar-refractivity contribution >= 4 is 21.8 Å². The Balaban J connectivity index is 2.28. The maximum absolute atomic E-state index is 12.8. The fourth-order valence-corrected chi connectivity index (χ4v) is 3.25. The lowest BCUT2D eigenvalue weighted by atomic mass is 9.92. The standard InChI is InChI=1S/C15H23BrN2O/c1-10(2)18-9-13(16)8-14(18)15(19)17-7-5-6-11(3)12(17)4/h8-12H,5-7H2,1-4H3. The van der Waals surface area contributed by atoms with Crippen LogP contribution in [0.4, 0.5) is 0 Å². The number of halogens is 1. The van der Waals surface area contributed by atoms with Gasteiger partial charge in [0.25, 0.3) is 5.91 Å². The lowest BCUT2D eigenvalue weighted by Gasteiger charge is -2.38. The molecule has 0 radical (unpaired) electrons. The first-order chi connectivity index (χ1) is 8.91. The smallest absolute Gasteiger partial charge is 0.270 e. The Hall–Kier alpha value is -0.770. The summed E-state index contributed by atoms with van der Waals surface area (Å²) in [5, 5.41) is 0. The molecule has 3 nitrogen and oxygen atoms in total. The second-order valence-electron chi connectivity index (χ2n) is 5.90. The number of nitrogens with zero attached hydrogens (tertiary/aromatic N) is 2. The van der Waals surface area contributed by atoms with Crippen LogP contribution in [0.25, 0.3) is 0 Å². The van der Waals surface area contributed by atoms with Crippen LogP contribution >= 0.6 is 15.9 Å². The second-order valence-corrected chi connectivity index (χ2v) is 6.82. The van der Waals surface area contributed by atoms with Crippen molar-refractivity contribution in [1.29, 1.82) is 0 Å². The highest BCUT2D eigenvalue weighted by Gasteiger charge is 2.30. The van der Waals surface area contributed by atoms with Gasteiger partial charge in [-0.3, -0.25) is 4.79 Å². The zero-order valence-corrected chi connectivity index (χ0v) is 13.8. The van der Waals surface area contributed by atoms with E-state index in [0.29, 0.717) is 18.0 Å². The van der Waals surface area contributed by atoms with Gasteiger partial charge in [-0.05, 0) is 61.5 Å². The topological polar surface area (TPSA) is 25.2 Å². The fourth-order valence-electron chi connectivity index (χ4n) is 2.81. The number of aromatic nitrogens is 1. The Morgan fingerprint density at radius 3 is 2.74 bits per heavy atom. The molecule has 106 valence electrons. The van der Waals surface area contributed by atoms with Gasteiger partial charge in [-0.1, -0.05) is 6.92 Å². The van der Waals surface area contributed by atoms with Crippen LogP contribution in [0, 0.1) is 5.92 Å². The second kappa shape index (κ2) is 5.70. The summed E-state index contributed by atoms with van der Waals surface area (Å²) in [7, 11) is 0. The van der Waals surface area contributed by atoms with Gasteiger partial charge in [-0.25, -0.2) is 0 Å². The maximum atomic E-state index is 12.8. The third-order valence-corrected chi connectivity index (χ3v) is 4.66. The highest BCUT2D eigenvalue weighted by atomic mass is 79.9. The molecule has 2 atom stereocenters. The van der Waals surface area contributed by atoms with Crippen LogP contribution in [0.15, 0.2) is 16.7 Å². The molecule has 0 N–H and O–H groups in total. The van der Waals surface area contributed by atoms with Crippen molar-refractivity contribution in [2.75, 3.05) is 6.54 Å². The van der Waals surface area contributed by atoms with E-state index in [0.717, 1.165) is 23.1 Å². The van der Waals surface area contributed by atoms with Gasteiger partial charge in [0.15, 0.2) is 0 Å². The van der Waals surface area contributed by atoms with Crippen molar-refractivity contribution in [1.82, 2.24) is 9.47 Å². The molecule has 0 aliphatic carbocycles. The molecule has 1 aromatic rings. The monoisotopic (exact) mass is 326 g/mol. The number of amides is 1. The highest BCUT2D eigenvalue weighted by molar-refractivity contribution is 9.10. The summed E-state index contributed by atoms with van der Waals surface area (Å²) in [6.45, 7) is 9.49. The molecule has 1 saturated heterocycles. The van der Waals surface area contributed by atoms with E-state index in [1.54, 1.807) is 0 Å². The Kier molecular flexibility index (Phi) is 4.39. The van der Waals surface area contributed by atoms with Crippen molar-refractivity contribution in [3.63, 3.8) is 0 Å². The number of piperidine rings is 1. The van der Waals surface area contributed by atoms with E-state index in [1.165, 1.54) is 6.42 Å². The van der Waals surface area contributed by atoms with Gasteiger partial charge in [0.2, 0.25) is 0 Å². The van der Waals surface area contributed by atoms with E-state index in [4.69, 9.17) is 0 Å². The summed E-state index contributed by atoms with van der Waals surface area (Å²) >= 11 is 3.48. The van der Waals surface area contributed by atoms with Crippen LogP contribution in [0.5, 0.6) is 0 Å². The first kappa shape index (κ1) is 14.6. The van der Waals surface area contributed by atoms with Crippen molar-refractivity contribution in [2.24, 2.45) is 5.92 Å². The molecule has 2 unspecified atom stereocenters. The van der Waals surface area contributed by atoms with Gasteiger partial charge in [0.1, 0.15) is 5.69 Å². The Morgan fingerprint density at radius 1 is 1.42 bits per heavy atom. The Morgan fingerprint density at radius 2 is 2.11 bits per heavy atom. The number of carbonyl (C=O) groups excluding carboxylic acids is 1. The fraction of sp³-hybridized carbons (Fsp3) is 0.667. The Bertz CT molecular complexity index is 467. The minimum atomic E-state index is 0.165. The van der Waals surface area contributed by atoms with E-state index in [-0.39, 0.29) is 5.91 Å². The van der Waals surface area contributed by atoms with E-state index < -0.39 is 0 Å². The molecule has 1 aliphatic heterocycles. The minimum Gasteiger partial charge on any atom is -0.340 e. The normalized spacial score (nSPS) is 24.0. The van der Waals surface area contributed by atoms with Gasteiger partial charge in [0.05, 0.1) is 0 Å². The molecule has 0 bridgehead atoms. The summed E-state index contributed by atoms with van der Waals surface area (Å²) in [6, 6.07) is 2.56. The van der Waals surface area contributed by atoms with Crippen molar-refractivity contribution in [2.45, 2.75) is 52.6 Å². The molecule has 0 saturated carbocycles. The molecule has 1 fully saturated rings. The summed E-state index contributed by atoms with van der Waals surface area (Å²) < 4.78 is 3.03. The number of hydrogen-bond acceptors (Lipinski definition) is 1. The molecule has 2 rings (SSSR count). The van der Waals surface area contributed by atoms with Gasteiger partial charge < -0.3 is 9.47 Å². The van der Waals surface area contributed by atoms with Crippen molar-refractivity contribution in [3.8, 4) is 0 Å². The summed E-state index contributed by atoms with van der Waals surface area (Å²) in [5.74, 6) is 0.752. The van der Waals surface area contributed by atoms with Crippen LogP contribution in [0.1, 0.15) is 57.1 Å². The van der Waals surface area contributed by atoms with Crippen LogP contribution in [-0.2, 0) is 0 Å².